The summed E-state index contributed by atoms with van der Waals surface area (Å²) >= 11 is 0. The molecule has 1 rings (SSSR count). The summed E-state index contributed by atoms with van der Waals surface area (Å²) in [6, 6.07) is 2.62. The van der Waals surface area contributed by atoms with Gasteiger partial charge in [0.25, 0.3) is 5.69 Å². The summed E-state index contributed by atoms with van der Waals surface area (Å²) in [6.45, 7) is 1.23. The van der Waals surface area contributed by atoms with E-state index in [4.69, 9.17) is 10.6 Å². The molecule has 0 amide bonds. The minimum absolute atomic E-state index is 0.0674. The van der Waals surface area contributed by atoms with E-state index in [1.165, 1.54) is 12.1 Å². The van der Waals surface area contributed by atoms with E-state index in [1.807, 2.05) is 0 Å². The third-order valence-corrected chi connectivity index (χ3v) is 2.00. The Morgan fingerprint density at radius 1 is 1.53 bits per heavy atom. The largest absolute Gasteiger partial charge is 0.385 e. The van der Waals surface area contributed by atoms with E-state index in [1.54, 1.807) is 7.11 Å². The van der Waals surface area contributed by atoms with Gasteiger partial charge in [0.15, 0.2) is 0 Å². The zero-order chi connectivity index (χ0) is 12.7. The monoisotopic (exact) mass is 241 g/mol. The molecule has 0 bridgehead atoms. The van der Waals surface area contributed by atoms with Gasteiger partial charge in [0.2, 0.25) is 0 Å². The van der Waals surface area contributed by atoms with Crippen LogP contribution in [-0.4, -0.2) is 30.2 Å². The highest BCUT2D eigenvalue weighted by molar-refractivity contribution is 5.54. The fraction of sp³-hybridized carbons (Fsp3) is 0.444. The maximum atomic E-state index is 10.7. The molecule has 1 aromatic rings. The minimum atomic E-state index is -0.497. The van der Waals surface area contributed by atoms with Crippen LogP contribution >= 0.6 is 0 Å². The van der Waals surface area contributed by atoms with Crippen LogP contribution in [0.5, 0.6) is 0 Å². The molecule has 0 radical (unpaired) electrons. The number of aromatic nitrogens is 1. The number of rotatable bonds is 7. The number of nitrogens with two attached hydrogens (primary N) is 1. The van der Waals surface area contributed by atoms with Crippen LogP contribution in [0, 0.1) is 10.1 Å². The van der Waals surface area contributed by atoms with Crippen LogP contribution in [0.1, 0.15) is 6.42 Å². The summed E-state index contributed by atoms with van der Waals surface area (Å²) in [5.41, 5.74) is 2.22. The van der Waals surface area contributed by atoms with Crippen molar-refractivity contribution < 1.29 is 9.66 Å². The number of hydrazine groups is 1. The smallest absolute Gasteiger partial charge is 0.276 e. The van der Waals surface area contributed by atoms with Gasteiger partial charge >= 0.3 is 0 Å². The van der Waals surface area contributed by atoms with Crippen molar-refractivity contribution in [3.8, 4) is 0 Å². The molecule has 8 heteroatoms. The zero-order valence-electron chi connectivity index (χ0n) is 9.47. The highest BCUT2D eigenvalue weighted by Crippen LogP contribution is 2.19. The van der Waals surface area contributed by atoms with Crippen LogP contribution in [0.25, 0.3) is 0 Å². The molecule has 0 spiro atoms. The summed E-state index contributed by atoms with van der Waals surface area (Å²) < 4.78 is 4.89. The lowest BCUT2D eigenvalue weighted by Crippen LogP contribution is -2.11. The lowest BCUT2D eigenvalue weighted by molar-refractivity contribution is -0.384. The fourth-order valence-corrected chi connectivity index (χ4v) is 1.22. The molecule has 0 saturated carbocycles. The van der Waals surface area contributed by atoms with Crippen molar-refractivity contribution in [1.82, 2.24) is 4.98 Å². The Hall–Kier alpha value is -1.93. The molecule has 0 saturated heterocycles. The molecule has 0 aliphatic heterocycles. The molecule has 8 nitrogen and oxygen atoms in total. The quantitative estimate of drug-likeness (QED) is 0.279. The first-order chi connectivity index (χ1) is 8.17. The van der Waals surface area contributed by atoms with Gasteiger partial charge in [0, 0.05) is 20.3 Å². The number of nitrogens with zero attached hydrogens (tertiary/aromatic N) is 2. The van der Waals surface area contributed by atoms with Crippen LogP contribution in [0.2, 0.25) is 0 Å². The van der Waals surface area contributed by atoms with Crippen molar-refractivity contribution in [2.24, 2.45) is 5.84 Å². The van der Waals surface area contributed by atoms with Crippen molar-refractivity contribution in [1.29, 1.82) is 0 Å². The van der Waals surface area contributed by atoms with Crippen molar-refractivity contribution in [3.63, 3.8) is 0 Å². The first-order valence-corrected chi connectivity index (χ1v) is 5.03. The van der Waals surface area contributed by atoms with Crippen LogP contribution in [0.15, 0.2) is 12.1 Å². The molecule has 1 aromatic heterocycles. The molecule has 17 heavy (non-hydrogen) atoms. The van der Waals surface area contributed by atoms with Crippen molar-refractivity contribution in [2.45, 2.75) is 6.42 Å². The molecule has 0 aliphatic rings. The van der Waals surface area contributed by atoms with Gasteiger partial charge in [-0.05, 0) is 6.42 Å². The van der Waals surface area contributed by atoms with Crippen LogP contribution in [0.3, 0.4) is 0 Å². The Morgan fingerprint density at radius 3 is 2.82 bits per heavy atom. The third-order valence-electron chi connectivity index (χ3n) is 2.00. The van der Waals surface area contributed by atoms with Gasteiger partial charge in [-0.2, -0.15) is 0 Å². The lowest BCUT2D eigenvalue weighted by Gasteiger charge is -2.07. The maximum Gasteiger partial charge on any atom is 0.276 e. The van der Waals surface area contributed by atoms with Gasteiger partial charge in [-0.15, -0.1) is 0 Å². The van der Waals surface area contributed by atoms with Crippen molar-refractivity contribution in [2.75, 3.05) is 31.0 Å². The number of hydrogen-bond acceptors (Lipinski definition) is 7. The fourth-order valence-electron chi connectivity index (χ4n) is 1.22. The second-order valence-corrected chi connectivity index (χ2v) is 3.27. The van der Waals surface area contributed by atoms with Crippen molar-refractivity contribution >= 4 is 17.3 Å². The number of nitrogen functional groups attached to an aromatic ring is 1. The second kappa shape index (κ2) is 6.61. The summed E-state index contributed by atoms with van der Waals surface area (Å²) in [7, 11) is 1.61. The normalized spacial score (nSPS) is 10.0. The van der Waals surface area contributed by atoms with E-state index >= 15 is 0 Å². The number of nitro groups is 1. The third kappa shape index (κ3) is 4.21. The molecule has 0 fully saturated rings. The van der Waals surface area contributed by atoms with Gasteiger partial charge in [0.05, 0.1) is 17.1 Å². The molecule has 0 unspecified atom stereocenters. The Morgan fingerprint density at radius 2 is 2.24 bits per heavy atom. The van der Waals surface area contributed by atoms with E-state index < -0.39 is 4.92 Å². The van der Waals surface area contributed by atoms with E-state index in [0.29, 0.717) is 19.0 Å². The topological polar surface area (TPSA) is 115 Å². The van der Waals surface area contributed by atoms with E-state index in [2.05, 4.69) is 15.7 Å². The highest BCUT2D eigenvalue weighted by atomic mass is 16.6. The Balaban J connectivity index is 2.70. The molecule has 1 heterocycles. The number of anilines is 2. The number of methoxy groups -OCH3 is 1. The predicted molar refractivity (Wildman–Crippen MR) is 63.7 cm³/mol. The summed E-state index contributed by atoms with van der Waals surface area (Å²) in [5, 5.41) is 13.6. The highest BCUT2D eigenvalue weighted by Gasteiger charge is 2.10. The minimum Gasteiger partial charge on any atom is -0.385 e. The molecule has 0 aliphatic carbocycles. The number of pyridine rings is 1. The van der Waals surface area contributed by atoms with Crippen LogP contribution in [0.4, 0.5) is 17.3 Å². The van der Waals surface area contributed by atoms with Gasteiger partial charge in [-0.3, -0.25) is 10.1 Å². The molecule has 4 N–H and O–H groups in total. The van der Waals surface area contributed by atoms with E-state index in [0.717, 1.165) is 6.42 Å². The van der Waals surface area contributed by atoms with Crippen LogP contribution < -0.4 is 16.6 Å². The zero-order valence-corrected chi connectivity index (χ0v) is 9.47. The molecular formula is C9H15N5O3. The summed E-state index contributed by atoms with van der Waals surface area (Å²) in [4.78, 5) is 14.2. The number of ether oxygens (including phenoxy) is 1. The molecule has 94 valence electrons. The first-order valence-electron chi connectivity index (χ1n) is 5.03. The molecule has 0 aromatic carbocycles. The molecular weight excluding hydrogens is 226 g/mol. The number of hydrogen-bond donors (Lipinski definition) is 3. The Bertz CT molecular complexity index is 385. The summed E-state index contributed by atoms with van der Waals surface area (Å²) in [5.74, 6) is 5.83. The van der Waals surface area contributed by atoms with Crippen molar-refractivity contribution in [3.05, 3.63) is 22.2 Å². The van der Waals surface area contributed by atoms with Gasteiger partial charge in [0.1, 0.15) is 11.6 Å². The van der Waals surface area contributed by atoms with Gasteiger partial charge in [-0.1, -0.05) is 0 Å². The standard InChI is InChI=1S/C9H15N5O3/c1-17-4-2-3-11-8-5-7(14(15)16)6-9(12-8)13-10/h5-6H,2-4,10H2,1H3,(H2,11,12,13). The average molecular weight is 241 g/mol. The lowest BCUT2D eigenvalue weighted by atomic mass is 10.3. The van der Waals surface area contributed by atoms with Gasteiger partial charge in [-0.25, -0.2) is 10.8 Å². The van der Waals surface area contributed by atoms with Gasteiger partial charge < -0.3 is 15.5 Å². The maximum absolute atomic E-state index is 10.7. The second-order valence-electron chi connectivity index (χ2n) is 3.27. The van der Waals surface area contributed by atoms with E-state index in [-0.39, 0.29) is 11.5 Å². The Labute approximate surface area is 98.3 Å². The van der Waals surface area contributed by atoms with Crippen LogP contribution in [-0.2, 0) is 4.74 Å². The predicted octanol–water partition coefficient (Wildman–Crippen LogP) is 0.724. The Kier molecular flexibility index (Phi) is 5.11. The average Bonchev–Trinajstić information content (AvgIpc) is 2.34. The summed E-state index contributed by atoms with van der Waals surface area (Å²) in [6.07, 6.45) is 0.784. The SMILES string of the molecule is COCCCNc1cc([N+](=O)[O-])cc(NN)n1. The number of nitrogens with one attached hydrogen (secondary N) is 2. The van der Waals surface area contributed by atoms with E-state index in [9.17, 15) is 10.1 Å². The first kappa shape index (κ1) is 13.1. The molecule has 0 atom stereocenters.